The molecule has 1 aliphatic heterocycles. The Labute approximate surface area is 131 Å². The molecule has 0 atom stereocenters. The van der Waals surface area contributed by atoms with E-state index in [4.69, 9.17) is 4.98 Å². The van der Waals surface area contributed by atoms with Crippen molar-refractivity contribution in [2.75, 3.05) is 25.0 Å². The average Bonchev–Trinajstić information content (AvgIpc) is 2.81. The van der Waals surface area contributed by atoms with E-state index in [1.807, 2.05) is 18.2 Å². The first-order valence-electron chi connectivity index (χ1n) is 8.20. The van der Waals surface area contributed by atoms with Crippen LogP contribution in [0.25, 0.3) is 11.0 Å². The molecule has 1 amide bonds. The molecule has 22 heavy (non-hydrogen) atoms. The fraction of sp³-hybridized carbons (Fsp3) is 0.529. The molecule has 5 heteroatoms. The van der Waals surface area contributed by atoms with E-state index in [-0.39, 0.29) is 5.91 Å². The van der Waals surface area contributed by atoms with Gasteiger partial charge in [-0.05, 0) is 37.5 Å². The van der Waals surface area contributed by atoms with Crippen molar-refractivity contribution in [2.45, 2.75) is 32.6 Å². The van der Waals surface area contributed by atoms with Gasteiger partial charge in [-0.1, -0.05) is 0 Å². The normalized spacial score (nSPS) is 16.1. The number of benzene rings is 1. The van der Waals surface area contributed by atoms with Crippen LogP contribution < -0.4 is 10.2 Å². The number of fused-ring (bicyclic) bond motifs is 1. The quantitative estimate of drug-likeness (QED) is 0.890. The lowest BCUT2D eigenvalue weighted by atomic mass is 10.1. The number of likely N-dealkylation sites (tertiary alicyclic amines) is 1. The van der Waals surface area contributed by atoms with Crippen LogP contribution in [0.2, 0.25) is 0 Å². The van der Waals surface area contributed by atoms with Crippen LogP contribution in [-0.2, 0) is 18.3 Å². The third kappa shape index (κ3) is 3.30. The van der Waals surface area contributed by atoms with Crippen LogP contribution in [0.15, 0.2) is 18.2 Å². The topological polar surface area (TPSA) is 51.4 Å². The number of nitrogens with zero attached hydrogens (tertiary/aromatic N) is 2. The molecule has 0 radical (unpaired) electrons. The van der Waals surface area contributed by atoms with E-state index in [0.717, 1.165) is 35.5 Å². The first-order chi connectivity index (χ1) is 10.6. The molecule has 1 aromatic carbocycles. The van der Waals surface area contributed by atoms with Crippen LogP contribution in [-0.4, -0.2) is 35.1 Å². The summed E-state index contributed by atoms with van der Waals surface area (Å²) in [6.07, 6.45) is 5.12. The number of aromatic nitrogens is 2. The van der Waals surface area contributed by atoms with Gasteiger partial charge in [-0.2, -0.15) is 0 Å². The zero-order valence-corrected chi connectivity index (χ0v) is 13.5. The Balaban J connectivity index is 1.75. The Hall–Kier alpha value is -1.88. The molecule has 5 nitrogen and oxygen atoms in total. The zero-order chi connectivity index (χ0) is 15.5. The monoisotopic (exact) mass is 301 g/mol. The molecule has 2 heterocycles. The number of carbonyl (C=O) groups is 1. The number of quaternary nitrogens is 1. The van der Waals surface area contributed by atoms with E-state index in [9.17, 15) is 4.79 Å². The van der Waals surface area contributed by atoms with Gasteiger partial charge in [0.15, 0.2) is 0 Å². The van der Waals surface area contributed by atoms with Gasteiger partial charge in [-0.15, -0.1) is 0 Å². The largest absolute Gasteiger partial charge is 0.335 e. The van der Waals surface area contributed by atoms with Crippen molar-refractivity contribution >= 4 is 22.6 Å². The number of hydrogen-bond acceptors (Lipinski definition) is 2. The predicted molar refractivity (Wildman–Crippen MR) is 88.1 cm³/mol. The summed E-state index contributed by atoms with van der Waals surface area (Å²) in [6, 6.07) is 5.92. The van der Waals surface area contributed by atoms with Gasteiger partial charge in [0.1, 0.15) is 5.82 Å². The fourth-order valence-electron chi connectivity index (χ4n) is 3.34. The Morgan fingerprint density at radius 3 is 2.82 bits per heavy atom. The Bertz CT molecular complexity index is 671. The molecule has 1 fully saturated rings. The third-order valence-corrected chi connectivity index (χ3v) is 4.56. The van der Waals surface area contributed by atoms with Gasteiger partial charge in [-0.3, -0.25) is 4.79 Å². The van der Waals surface area contributed by atoms with Crippen molar-refractivity contribution in [1.82, 2.24) is 9.55 Å². The number of rotatable bonds is 4. The van der Waals surface area contributed by atoms with Gasteiger partial charge in [0.2, 0.25) is 5.91 Å². The highest BCUT2D eigenvalue weighted by Crippen LogP contribution is 2.19. The van der Waals surface area contributed by atoms with Crippen molar-refractivity contribution in [2.24, 2.45) is 7.05 Å². The number of carbonyl (C=O) groups excluding carboxylic acids is 1. The number of anilines is 1. The molecule has 1 aromatic heterocycles. The summed E-state index contributed by atoms with van der Waals surface area (Å²) in [5.41, 5.74) is 2.89. The smallest absolute Gasteiger partial charge is 0.221 e. The SMILES string of the molecule is CC(=O)Nc1ccc2c(c1)nc(CC[NH+]1CCCCC1)n2C. The molecule has 1 aliphatic rings. The minimum Gasteiger partial charge on any atom is -0.335 e. The number of imidazole rings is 1. The van der Waals surface area contributed by atoms with Gasteiger partial charge in [0.25, 0.3) is 0 Å². The number of aryl methyl sites for hydroxylation is 1. The molecule has 2 aromatic rings. The molecular weight excluding hydrogens is 276 g/mol. The van der Waals surface area contributed by atoms with Crippen LogP contribution in [0, 0.1) is 0 Å². The van der Waals surface area contributed by atoms with E-state index in [1.54, 1.807) is 4.90 Å². The van der Waals surface area contributed by atoms with Crippen LogP contribution >= 0.6 is 0 Å². The van der Waals surface area contributed by atoms with Crippen molar-refractivity contribution in [3.8, 4) is 0 Å². The van der Waals surface area contributed by atoms with E-state index in [0.29, 0.717) is 0 Å². The van der Waals surface area contributed by atoms with E-state index in [2.05, 4.69) is 16.9 Å². The van der Waals surface area contributed by atoms with E-state index in [1.165, 1.54) is 39.3 Å². The summed E-state index contributed by atoms with van der Waals surface area (Å²) in [5.74, 6) is 1.08. The van der Waals surface area contributed by atoms with Gasteiger partial charge in [0, 0.05) is 19.7 Å². The minimum absolute atomic E-state index is 0.0517. The van der Waals surface area contributed by atoms with Crippen molar-refractivity contribution in [3.05, 3.63) is 24.0 Å². The predicted octanol–water partition coefficient (Wildman–Crippen LogP) is 1.14. The number of hydrogen-bond donors (Lipinski definition) is 2. The second-order valence-electron chi connectivity index (χ2n) is 6.28. The minimum atomic E-state index is -0.0517. The van der Waals surface area contributed by atoms with Gasteiger partial charge < -0.3 is 14.8 Å². The van der Waals surface area contributed by atoms with Gasteiger partial charge in [-0.25, -0.2) is 4.98 Å². The average molecular weight is 301 g/mol. The molecule has 118 valence electrons. The summed E-state index contributed by atoms with van der Waals surface area (Å²) in [4.78, 5) is 17.6. The number of nitrogens with one attached hydrogen (secondary N) is 2. The molecule has 2 N–H and O–H groups in total. The molecular formula is C17H25N4O+. The number of amides is 1. The highest BCUT2D eigenvalue weighted by Gasteiger charge is 2.15. The Morgan fingerprint density at radius 2 is 2.09 bits per heavy atom. The van der Waals surface area contributed by atoms with Gasteiger partial charge in [0.05, 0.1) is 37.1 Å². The standard InChI is InChI=1S/C17H24N4O/c1-13(22)18-14-6-7-16-15(12-14)19-17(20(16)2)8-11-21-9-4-3-5-10-21/h6-7,12H,3-5,8-11H2,1-2H3,(H,18,22)/p+1. The maximum Gasteiger partial charge on any atom is 0.221 e. The first kappa shape index (κ1) is 15.0. The van der Waals surface area contributed by atoms with Crippen LogP contribution in [0.3, 0.4) is 0 Å². The lowest BCUT2D eigenvalue weighted by Crippen LogP contribution is -3.13. The molecule has 0 spiro atoms. The molecule has 0 unspecified atom stereocenters. The van der Waals surface area contributed by atoms with Gasteiger partial charge >= 0.3 is 0 Å². The third-order valence-electron chi connectivity index (χ3n) is 4.56. The van der Waals surface area contributed by atoms with Crippen LogP contribution in [0.4, 0.5) is 5.69 Å². The highest BCUT2D eigenvalue weighted by atomic mass is 16.1. The first-order valence-corrected chi connectivity index (χ1v) is 8.20. The van der Waals surface area contributed by atoms with E-state index >= 15 is 0 Å². The lowest BCUT2D eigenvalue weighted by Gasteiger charge is -2.23. The lowest BCUT2D eigenvalue weighted by molar-refractivity contribution is -0.904. The van der Waals surface area contributed by atoms with Crippen LogP contribution in [0.1, 0.15) is 32.0 Å². The molecule has 3 rings (SSSR count). The summed E-state index contributed by atoms with van der Waals surface area (Å²) >= 11 is 0. The maximum absolute atomic E-state index is 11.2. The molecule has 0 bridgehead atoms. The molecule has 0 saturated carbocycles. The number of piperidine rings is 1. The van der Waals surface area contributed by atoms with Crippen LogP contribution in [0.5, 0.6) is 0 Å². The Kier molecular flexibility index (Phi) is 4.43. The second kappa shape index (κ2) is 6.48. The van der Waals surface area contributed by atoms with E-state index < -0.39 is 0 Å². The highest BCUT2D eigenvalue weighted by molar-refractivity contribution is 5.91. The Morgan fingerprint density at radius 1 is 1.32 bits per heavy atom. The fourth-order valence-corrected chi connectivity index (χ4v) is 3.34. The molecule has 1 saturated heterocycles. The van der Waals surface area contributed by atoms with Crippen molar-refractivity contribution in [1.29, 1.82) is 0 Å². The zero-order valence-electron chi connectivity index (χ0n) is 13.5. The maximum atomic E-state index is 11.2. The summed E-state index contributed by atoms with van der Waals surface area (Å²) in [7, 11) is 2.08. The summed E-state index contributed by atoms with van der Waals surface area (Å²) in [6.45, 7) is 5.29. The van der Waals surface area contributed by atoms with Crippen molar-refractivity contribution in [3.63, 3.8) is 0 Å². The molecule has 0 aliphatic carbocycles. The summed E-state index contributed by atoms with van der Waals surface area (Å²) < 4.78 is 2.18. The van der Waals surface area contributed by atoms with Crippen molar-refractivity contribution < 1.29 is 9.69 Å². The summed E-state index contributed by atoms with van der Waals surface area (Å²) in [5, 5.41) is 2.82. The second-order valence-corrected chi connectivity index (χ2v) is 6.28.